The number of carboxylic acid groups (broad SMARTS) is 1. The number of rotatable bonds is 4. The first-order valence-corrected chi connectivity index (χ1v) is 14.0. The van der Waals surface area contributed by atoms with E-state index in [1.165, 1.54) is 46.8 Å². The first-order chi connectivity index (χ1) is 15.6. The number of benzene rings is 2. The van der Waals surface area contributed by atoms with Gasteiger partial charge in [0.05, 0.1) is 45.3 Å². The number of nitrogens with zero attached hydrogens (tertiary/aromatic N) is 2. The number of fused-ring (bicyclic) bond motifs is 2. The predicted octanol–water partition coefficient (Wildman–Crippen LogP) is 2.69. The summed E-state index contributed by atoms with van der Waals surface area (Å²) >= 11 is 0. The van der Waals surface area contributed by atoms with Crippen LogP contribution in [0.4, 0.5) is 5.69 Å². The first-order valence-electron chi connectivity index (χ1n) is 10.7. The van der Waals surface area contributed by atoms with Crippen LogP contribution in [0.2, 0.25) is 0 Å². The van der Waals surface area contributed by atoms with Crippen molar-refractivity contribution in [3.63, 3.8) is 0 Å². The van der Waals surface area contributed by atoms with Gasteiger partial charge in [0, 0.05) is 5.41 Å². The van der Waals surface area contributed by atoms with E-state index in [1.54, 1.807) is 0 Å². The lowest BCUT2D eigenvalue weighted by Gasteiger charge is -2.41. The van der Waals surface area contributed by atoms with Crippen molar-refractivity contribution < 1.29 is 26.7 Å². The lowest BCUT2D eigenvalue weighted by molar-refractivity contribution is 0.0696. The van der Waals surface area contributed by atoms with E-state index in [0.717, 1.165) is 12.8 Å². The van der Waals surface area contributed by atoms with Crippen molar-refractivity contribution in [1.29, 1.82) is 5.26 Å². The minimum absolute atomic E-state index is 0.0425. The van der Waals surface area contributed by atoms with E-state index in [1.807, 2.05) is 6.07 Å². The summed E-state index contributed by atoms with van der Waals surface area (Å²) in [6.45, 7) is 0. The maximum atomic E-state index is 13.9. The van der Waals surface area contributed by atoms with Crippen LogP contribution in [-0.4, -0.2) is 45.5 Å². The van der Waals surface area contributed by atoms with Crippen LogP contribution in [0.25, 0.3) is 0 Å². The van der Waals surface area contributed by atoms with Gasteiger partial charge in [0.2, 0.25) is 0 Å². The van der Waals surface area contributed by atoms with Gasteiger partial charge in [-0.25, -0.2) is 21.6 Å². The number of nitriles is 1. The van der Waals surface area contributed by atoms with Crippen molar-refractivity contribution in [2.45, 2.75) is 42.0 Å². The second kappa shape index (κ2) is 7.30. The van der Waals surface area contributed by atoms with E-state index in [-0.39, 0.29) is 40.7 Å². The Morgan fingerprint density at radius 1 is 1.09 bits per heavy atom. The maximum Gasteiger partial charge on any atom is 0.335 e. The van der Waals surface area contributed by atoms with Crippen molar-refractivity contribution in [3.8, 4) is 6.07 Å². The van der Waals surface area contributed by atoms with Crippen LogP contribution >= 0.6 is 0 Å². The Kier molecular flexibility index (Phi) is 4.85. The molecule has 0 bridgehead atoms. The van der Waals surface area contributed by atoms with Crippen molar-refractivity contribution in [2.75, 3.05) is 15.8 Å². The number of hydrogen-bond donors (Lipinski definition) is 1. The van der Waals surface area contributed by atoms with E-state index in [0.29, 0.717) is 16.8 Å². The second-order valence-electron chi connectivity index (χ2n) is 9.06. The molecule has 1 N–H and O–H groups in total. The van der Waals surface area contributed by atoms with Crippen molar-refractivity contribution in [2.24, 2.45) is 5.92 Å². The number of sulfonamides is 1. The SMILES string of the molecule is N#Cc1ccc(S(=O)(=O)N2c3ccc(C(=O)O)cc3C3(CCS(=O)(=O)CC3)C2C2CC2)cc1. The second-order valence-corrected chi connectivity index (χ2v) is 13.2. The van der Waals surface area contributed by atoms with Crippen LogP contribution in [0, 0.1) is 17.2 Å². The van der Waals surface area contributed by atoms with Gasteiger partial charge in [-0.1, -0.05) is 0 Å². The minimum Gasteiger partial charge on any atom is -0.478 e. The standard InChI is InChI=1S/C23H22N2O6S2/c24-14-15-1-6-18(7-2-15)33(30,31)25-20-8-5-17(22(26)27)13-19(20)23(21(25)16-3-4-16)9-11-32(28,29)12-10-23/h1-2,5-8,13,16,21H,3-4,9-12H2,(H,26,27). The van der Waals surface area contributed by atoms with Gasteiger partial charge in [-0.05, 0) is 79.6 Å². The molecule has 1 saturated carbocycles. The molecule has 2 aromatic rings. The summed E-state index contributed by atoms with van der Waals surface area (Å²) in [5.41, 5.74) is 0.655. The molecule has 33 heavy (non-hydrogen) atoms. The number of carbonyl (C=O) groups is 1. The summed E-state index contributed by atoms with van der Waals surface area (Å²) in [6, 6.07) is 11.7. The molecule has 3 aliphatic rings. The molecule has 2 aliphatic heterocycles. The molecule has 1 atom stereocenters. The molecule has 1 aliphatic carbocycles. The van der Waals surface area contributed by atoms with Crippen LogP contribution < -0.4 is 4.31 Å². The van der Waals surface area contributed by atoms with Gasteiger partial charge in [-0.3, -0.25) is 4.31 Å². The molecule has 0 amide bonds. The Morgan fingerprint density at radius 2 is 1.73 bits per heavy atom. The van der Waals surface area contributed by atoms with E-state index in [2.05, 4.69) is 0 Å². The Morgan fingerprint density at radius 3 is 2.27 bits per heavy atom. The highest BCUT2D eigenvalue weighted by Crippen LogP contribution is 2.59. The molecular formula is C23H22N2O6S2. The molecule has 2 aromatic carbocycles. The van der Waals surface area contributed by atoms with Crippen LogP contribution in [0.15, 0.2) is 47.4 Å². The zero-order chi connectivity index (χ0) is 23.6. The minimum atomic E-state index is -4.04. The first kappa shape index (κ1) is 21.9. The molecule has 0 aromatic heterocycles. The summed E-state index contributed by atoms with van der Waals surface area (Å²) < 4.78 is 53.8. The third kappa shape index (κ3) is 3.42. The molecule has 0 radical (unpaired) electrons. The maximum absolute atomic E-state index is 13.9. The van der Waals surface area contributed by atoms with Gasteiger partial charge >= 0.3 is 5.97 Å². The van der Waals surface area contributed by atoms with Crippen LogP contribution in [-0.2, 0) is 25.3 Å². The van der Waals surface area contributed by atoms with Crippen molar-refractivity contribution in [3.05, 3.63) is 59.2 Å². The molecular weight excluding hydrogens is 464 g/mol. The number of aromatic carboxylic acids is 1. The summed E-state index contributed by atoms with van der Waals surface area (Å²) in [6.07, 6.45) is 2.18. The third-order valence-electron chi connectivity index (χ3n) is 7.16. The van der Waals surface area contributed by atoms with Gasteiger partial charge in [0.1, 0.15) is 9.84 Å². The molecule has 1 unspecified atom stereocenters. The summed E-state index contributed by atoms with van der Waals surface area (Å²) in [5, 5.41) is 18.6. The number of carboxylic acids is 1. The zero-order valence-corrected chi connectivity index (χ0v) is 19.3. The summed E-state index contributed by atoms with van der Waals surface area (Å²) in [4.78, 5) is 11.8. The van der Waals surface area contributed by atoms with Crippen LogP contribution in [0.5, 0.6) is 0 Å². The van der Waals surface area contributed by atoms with Crippen molar-refractivity contribution in [1.82, 2.24) is 0 Å². The Hall–Kier alpha value is -2.90. The van der Waals surface area contributed by atoms with Crippen LogP contribution in [0.1, 0.15) is 47.2 Å². The smallest absolute Gasteiger partial charge is 0.335 e. The number of sulfone groups is 1. The fourth-order valence-electron chi connectivity index (χ4n) is 5.41. The normalized spacial score (nSPS) is 23.1. The number of anilines is 1. The Labute approximate surface area is 192 Å². The van der Waals surface area contributed by atoms with Crippen LogP contribution in [0.3, 0.4) is 0 Å². The highest BCUT2D eigenvalue weighted by Gasteiger charge is 2.60. The van der Waals surface area contributed by atoms with Gasteiger partial charge < -0.3 is 5.11 Å². The topological polar surface area (TPSA) is 133 Å². The monoisotopic (exact) mass is 486 g/mol. The highest BCUT2D eigenvalue weighted by molar-refractivity contribution is 7.93. The average molecular weight is 487 g/mol. The highest BCUT2D eigenvalue weighted by atomic mass is 32.2. The largest absolute Gasteiger partial charge is 0.478 e. The fraction of sp³-hybridized carbons (Fsp3) is 0.391. The van der Waals surface area contributed by atoms with Gasteiger partial charge in [-0.2, -0.15) is 5.26 Å². The van der Waals surface area contributed by atoms with E-state index < -0.39 is 37.3 Å². The Bertz CT molecular complexity index is 1390. The molecule has 1 spiro atoms. The molecule has 2 heterocycles. The molecule has 5 rings (SSSR count). The third-order valence-corrected chi connectivity index (χ3v) is 10.6. The average Bonchev–Trinajstić information content (AvgIpc) is 3.59. The molecule has 8 nitrogen and oxygen atoms in total. The van der Waals surface area contributed by atoms with Crippen molar-refractivity contribution >= 4 is 31.5 Å². The van der Waals surface area contributed by atoms with Gasteiger partial charge in [-0.15, -0.1) is 0 Å². The lowest BCUT2D eigenvalue weighted by atomic mass is 9.70. The number of hydrogen-bond acceptors (Lipinski definition) is 6. The van der Waals surface area contributed by atoms with Gasteiger partial charge in [0.15, 0.2) is 0 Å². The molecule has 1 saturated heterocycles. The fourth-order valence-corrected chi connectivity index (χ4v) is 8.76. The predicted molar refractivity (Wildman–Crippen MR) is 120 cm³/mol. The molecule has 10 heteroatoms. The van der Waals surface area contributed by atoms with E-state index in [9.17, 15) is 26.7 Å². The Balaban J connectivity index is 1.72. The lowest BCUT2D eigenvalue weighted by Crippen LogP contribution is -2.52. The van der Waals surface area contributed by atoms with E-state index in [4.69, 9.17) is 5.26 Å². The summed E-state index contributed by atoms with van der Waals surface area (Å²) in [7, 11) is -7.27. The molecule has 2 fully saturated rings. The van der Waals surface area contributed by atoms with E-state index >= 15 is 0 Å². The zero-order valence-electron chi connectivity index (χ0n) is 17.6. The molecule has 172 valence electrons. The summed E-state index contributed by atoms with van der Waals surface area (Å²) in [5.74, 6) is -1.16. The van der Waals surface area contributed by atoms with Gasteiger partial charge in [0.25, 0.3) is 10.0 Å². The quantitative estimate of drug-likeness (QED) is 0.702.